The van der Waals surface area contributed by atoms with Gasteiger partial charge in [-0.2, -0.15) is 0 Å². The summed E-state index contributed by atoms with van der Waals surface area (Å²) >= 11 is 0. The summed E-state index contributed by atoms with van der Waals surface area (Å²) in [6.45, 7) is 14.0. The average Bonchev–Trinajstić information content (AvgIpc) is 2.46. The van der Waals surface area contributed by atoms with Crippen LogP contribution < -0.4 is 0 Å². The van der Waals surface area contributed by atoms with Crippen molar-refractivity contribution >= 4 is 11.9 Å². The molecular weight excluding hydrogens is 254 g/mol. The van der Waals surface area contributed by atoms with E-state index in [1.165, 1.54) is 7.11 Å². The quantitative estimate of drug-likeness (QED) is 0.390. The van der Waals surface area contributed by atoms with Crippen LogP contribution in [0.4, 0.5) is 0 Å². The van der Waals surface area contributed by atoms with Crippen molar-refractivity contribution < 1.29 is 9.53 Å². The Kier molecular flexibility index (Phi) is 9.86. The summed E-state index contributed by atoms with van der Waals surface area (Å²) in [6.07, 6.45) is 2.12. The predicted octanol–water partition coefficient (Wildman–Crippen LogP) is 2.37. The lowest BCUT2D eigenvalue weighted by Crippen LogP contribution is -2.46. The van der Waals surface area contributed by atoms with Gasteiger partial charge in [0.1, 0.15) is 6.04 Å². The van der Waals surface area contributed by atoms with Crippen molar-refractivity contribution in [3.8, 4) is 0 Å². The first kappa shape index (κ1) is 18.7. The number of nitrogens with zero attached hydrogens (tertiary/aromatic N) is 3. The summed E-state index contributed by atoms with van der Waals surface area (Å²) in [7, 11) is 1.40. The van der Waals surface area contributed by atoms with Crippen LogP contribution in [0.5, 0.6) is 0 Å². The van der Waals surface area contributed by atoms with Crippen LogP contribution in [0.15, 0.2) is 4.99 Å². The van der Waals surface area contributed by atoms with Crippen LogP contribution in [0.1, 0.15) is 47.5 Å². The molecule has 0 aromatic heterocycles. The number of carbonyl (C=O) groups is 1. The predicted molar refractivity (Wildman–Crippen MR) is 84.0 cm³/mol. The molecule has 1 atom stereocenters. The third-order valence-electron chi connectivity index (χ3n) is 3.17. The molecule has 0 aromatic rings. The number of aliphatic imine (C=N–C) groups is 1. The van der Waals surface area contributed by atoms with E-state index >= 15 is 0 Å². The van der Waals surface area contributed by atoms with E-state index in [1.54, 1.807) is 6.92 Å². The van der Waals surface area contributed by atoms with Crippen LogP contribution in [-0.2, 0) is 9.53 Å². The summed E-state index contributed by atoms with van der Waals surface area (Å²) in [5.41, 5.74) is 0. The van der Waals surface area contributed by atoms with Crippen molar-refractivity contribution in [3.63, 3.8) is 0 Å². The minimum absolute atomic E-state index is 0.289. The van der Waals surface area contributed by atoms with E-state index in [1.807, 2.05) is 0 Å². The Bertz CT molecular complexity index is 295. The number of carbonyl (C=O) groups excluding carboxylic acids is 1. The topological polar surface area (TPSA) is 45.1 Å². The first-order valence-electron chi connectivity index (χ1n) is 7.70. The van der Waals surface area contributed by atoms with Gasteiger partial charge in [-0.3, -0.25) is 0 Å². The maximum atomic E-state index is 11.6. The van der Waals surface area contributed by atoms with Gasteiger partial charge in [-0.25, -0.2) is 9.79 Å². The highest BCUT2D eigenvalue weighted by Gasteiger charge is 2.19. The van der Waals surface area contributed by atoms with Gasteiger partial charge in [-0.05, 0) is 33.6 Å². The molecule has 0 radical (unpaired) electrons. The summed E-state index contributed by atoms with van der Waals surface area (Å²) in [5, 5.41) is 0. The van der Waals surface area contributed by atoms with Gasteiger partial charge in [-0.15, -0.1) is 0 Å². The number of esters is 1. The molecule has 5 nitrogen and oxygen atoms in total. The molecule has 0 aliphatic rings. The van der Waals surface area contributed by atoms with E-state index in [0.29, 0.717) is 0 Å². The average molecular weight is 285 g/mol. The van der Waals surface area contributed by atoms with Crippen LogP contribution in [-0.4, -0.2) is 61.1 Å². The third-order valence-corrected chi connectivity index (χ3v) is 3.17. The monoisotopic (exact) mass is 285 g/mol. The molecular formula is C15H31N3O2. The normalized spacial score (nSPS) is 13.0. The molecule has 0 unspecified atom stereocenters. The molecule has 0 aromatic carbocycles. The molecule has 0 N–H and O–H groups in total. The molecule has 0 rings (SSSR count). The number of methoxy groups -OCH3 is 1. The van der Waals surface area contributed by atoms with E-state index in [0.717, 1.165) is 45.0 Å². The fourth-order valence-corrected chi connectivity index (χ4v) is 2.12. The van der Waals surface area contributed by atoms with Crippen LogP contribution in [0.25, 0.3) is 0 Å². The lowest BCUT2D eigenvalue weighted by molar-refractivity contribution is -0.141. The standard InChI is InChI=1S/C15H31N3O2/c1-7-11-18(12-8-2)15(17(9-3)10-4)16-13(5)14(19)20-6/h13H,7-12H2,1-6H3/t13-/m0/s1. The lowest BCUT2D eigenvalue weighted by atomic mass is 10.3. The van der Waals surface area contributed by atoms with Crippen molar-refractivity contribution in [3.05, 3.63) is 0 Å². The fraction of sp³-hybridized carbons (Fsp3) is 0.867. The Morgan fingerprint density at radius 2 is 1.55 bits per heavy atom. The highest BCUT2D eigenvalue weighted by atomic mass is 16.5. The molecule has 0 aliphatic heterocycles. The first-order valence-corrected chi connectivity index (χ1v) is 7.70. The number of guanidine groups is 1. The van der Waals surface area contributed by atoms with E-state index < -0.39 is 6.04 Å². The molecule has 20 heavy (non-hydrogen) atoms. The second kappa shape index (κ2) is 10.5. The van der Waals surface area contributed by atoms with Gasteiger partial charge in [0, 0.05) is 26.2 Å². The molecule has 0 heterocycles. The van der Waals surface area contributed by atoms with Crippen LogP contribution >= 0.6 is 0 Å². The molecule has 0 amide bonds. The molecule has 0 saturated carbocycles. The number of hydrogen-bond acceptors (Lipinski definition) is 3. The van der Waals surface area contributed by atoms with Gasteiger partial charge < -0.3 is 14.5 Å². The molecule has 0 fully saturated rings. The van der Waals surface area contributed by atoms with Crippen molar-refractivity contribution in [1.82, 2.24) is 9.80 Å². The SMILES string of the molecule is CCCN(CCC)C(=N[C@@H](C)C(=O)OC)N(CC)CC. The molecule has 0 bridgehead atoms. The van der Waals surface area contributed by atoms with Gasteiger partial charge in [0.15, 0.2) is 5.96 Å². The fourth-order valence-electron chi connectivity index (χ4n) is 2.12. The molecule has 0 aliphatic carbocycles. The Balaban J connectivity index is 5.31. The van der Waals surface area contributed by atoms with Gasteiger partial charge in [0.2, 0.25) is 0 Å². The summed E-state index contributed by atoms with van der Waals surface area (Å²) in [5.74, 6) is 0.624. The van der Waals surface area contributed by atoms with E-state index in [4.69, 9.17) is 4.74 Å². The minimum Gasteiger partial charge on any atom is -0.467 e. The third kappa shape index (κ3) is 5.80. The van der Waals surface area contributed by atoms with Gasteiger partial charge in [0.05, 0.1) is 7.11 Å². The van der Waals surface area contributed by atoms with E-state index in [9.17, 15) is 4.79 Å². The highest BCUT2D eigenvalue weighted by molar-refractivity contribution is 5.84. The minimum atomic E-state index is -0.466. The number of hydrogen-bond donors (Lipinski definition) is 0. The van der Waals surface area contributed by atoms with Crippen molar-refractivity contribution in [2.45, 2.75) is 53.5 Å². The van der Waals surface area contributed by atoms with E-state index in [2.05, 4.69) is 42.5 Å². The zero-order chi connectivity index (χ0) is 15.5. The smallest absolute Gasteiger partial charge is 0.330 e. The Morgan fingerprint density at radius 3 is 1.90 bits per heavy atom. The Hall–Kier alpha value is -1.26. The zero-order valence-electron chi connectivity index (χ0n) is 14.0. The van der Waals surface area contributed by atoms with Crippen LogP contribution in [0.3, 0.4) is 0 Å². The van der Waals surface area contributed by atoms with Gasteiger partial charge >= 0.3 is 5.97 Å². The van der Waals surface area contributed by atoms with E-state index in [-0.39, 0.29) is 5.97 Å². The van der Waals surface area contributed by atoms with Gasteiger partial charge in [0.25, 0.3) is 0 Å². The zero-order valence-corrected chi connectivity index (χ0v) is 14.0. The number of ether oxygens (including phenoxy) is 1. The second-order valence-corrected chi connectivity index (χ2v) is 4.79. The van der Waals surface area contributed by atoms with Crippen molar-refractivity contribution in [2.24, 2.45) is 4.99 Å². The maximum Gasteiger partial charge on any atom is 0.330 e. The largest absolute Gasteiger partial charge is 0.467 e. The Labute approximate surface area is 124 Å². The molecule has 5 heteroatoms. The Morgan fingerprint density at radius 1 is 1.05 bits per heavy atom. The highest BCUT2D eigenvalue weighted by Crippen LogP contribution is 2.06. The molecule has 118 valence electrons. The summed E-state index contributed by atoms with van der Waals surface area (Å²) < 4.78 is 4.78. The second-order valence-electron chi connectivity index (χ2n) is 4.79. The summed E-state index contributed by atoms with van der Waals surface area (Å²) in [6, 6.07) is -0.466. The maximum absolute atomic E-state index is 11.6. The molecule has 0 spiro atoms. The summed E-state index contributed by atoms with van der Waals surface area (Å²) in [4.78, 5) is 20.7. The van der Waals surface area contributed by atoms with Crippen LogP contribution in [0, 0.1) is 0 Å². The number of rotatable bonds is 8. The van der Waals surface area contributed by atoms with Crippen molar-refractivity contribution in [2.75, 3.05) is 33.3 Å². The van der Waals surface area contributed by atoms with Gasteiger partial charge in [-0.1, -0.05) is 13.8 Å². The molecule has 0 saturated heterocycles. The van der Waals surface area contributed by atoms with Crippen LogP contribution in [0.2, 0.25) is 0 Å². The lowest BCUT2D eigenvalue weighted by Gasteiger charge is -2.33. The van der Waals surface area contributed by atoms with Crippen molar-refractivity contribution in [1.29, 1.82) is 0 Å². The first-order chi connectivity index (χ1) is 9.55.